The Balaban J connectivity index is 1.78. The summed E-state index contributed by atoms with van der Waals surface area (Å²) < 4.78 is 44.7. The van der Waals surface area contributed by atoms with Crippen LogP contribution in [0.2, 0.25) is 0 Å². The van der Waals surface area contributed by atoms with E-state index in [1.165, 1.54) is 19.4 Å². The second-order valence-corrected chi connectivity index (χ2v) is 10.5. The van der Waals surface area contributed by atoms with Crippen LogP contribution in [-0.2, 0) is 31.7 Å². The lowest BCUT2D eigenvalue weighted by atomic mass is 9.92. The van der Waals surface area contributed by atoms with E-state index in [4.69, 9.17) is 14.0 Å². The first-order chi connectivity index (χ1) is 16.1. The van der Waals surface area contributed by atoms with Gasteiger partial charge in [-0.25, -0.2) is 17.7 Å². The Bertz CT molecular complexity index is 1410. The van der Waals surface area contributed by atoms with E-state index in [0.29, 0.717) is 17.9 Å². The number of pyridine rings is 1. The molecule has 178 valence electrons. The summed E-state index contributed by atoms with van der Waals surface area (Å²) in [5, 5.41) is 3.88. The molecule has 0 radical (unpaired) electrons. The van der Waals surface area contributed by atoms with E-state index in [-0.39, 0.29) is 23.2 Å². The monoisotopic (exact) mass is 481 g/mol. The van der Waals surface area contributed by atoms with E-state index in [1.807, 2.05) is 26.8 Å². The van der Waals surface area contributed by atoms with E-state index in [0.717, 1.165) is 26.6 Å². The van der Waals surface area contributed by atoms with Crippen LogP contribution in [0.25, 0.3) is 0 Å². The predicted octanol–water partition coefficient (Wildman–Crippen LogP) is 3.96. The number of methoxy groups -OCH3 is 1. The molecule has 3 heterocycles. The number of sulfonamides is 1. The zero-order valence-corrected chi connectivity index (χ0v) is 20.9. The third-order valence-electron chi connectivity index (χ3n) is 5.95. The van der Waals surface area contributed by atoms with Gasteiger partial charge in [-0.05, 0) is 75.4 Å². The molecule has 0 aliphatic carbocycles. The molecule has 9 heteroatoms. The summed E-state index contributed by atoms with van der Waals surface area (Å²) in [6.07, 6.45) is 1.51. The average Bonchev–Trinajstić information content (AvgIpc) is 3.28. The van der Waals surface area contributed by atoms with E-state index in [9.17, 15) is 8.42 Å². The van der Waals surface area contributed by atoms with Gasteiger partial charge in [-0.1, -0.05) is 17.1 Å². The van der Waals surface area contributed by atoms with E-state index >= 15 is 0 Å². The number of rotatable bonds is 5. The maximum atomic E-state index is 13.7. The number of hydrogen-bond donors (Lipinski definition) is 0. The molecule has 34 heavy (non-hydrogen) atoms. The molecule has 0 atom stereocenters. The van der Waals surface area contributed by atoms with Gasteiger partial charge < -0.3 is 14.0 Å². The molecule has 0 amide bonds. The second kappa shape index (κ2) is 8.87. The van der Waals surface area contributed by atoms with Crippen LogP contribution in [0.1, 0.15) is 53.1 Å². The normalized spacial score (nSPS) is 14.4. The lowest BCUT2D eigenvalue weighted by molar-refractivity contribution is -0.00790. The van der Waals surface area contributed by atoms with E-state index in [2.05, 4.69) is 28.0 Å². The Morgan fingerprint density at radius 1 is 1.21 bits per heavy atom. The molecule has 1 aliphatic rings. The number of benzene rings is 1. The van der Waals surface area contributed by atoms with Crippen molar-refractivity contribution in [2.45, 2.75) is 51.7 Å². The fraction of sp³-hybridized carbons (Fsp3) is 0.360. The van der Waals surface area contributed by atoms with Gasteiger partial charge in [0.2, 0.25) is 5.88 Å². The van der Waals surface area contributed by atoms with Gasteiger partial charge in [0.25, 0.3) is 10.0 Å². The molecule has 4 rings (SSSR count). The number of hydrogen-bond acceptors (Lipinski definition) is 7. The molecule has 0 saturated heterocycles. The van der Waals surface area contributed by atoms with Crippen LogP contribution in [0.4, 0.5) is 5.88 Å². The summed E-state index contributed by atoms with van der Waals surface area (Å²) in [6.45, 7) is 9.81. The molecule has 1 aliphatic heterocycles. The van der Waals surface area contributed by atoms with Gasteiger partial charge in [0.15, 0.2) is 0 Å². The summed E-state index contributed by atoms with van der Waals surface area (Å²) in [6, 6.07) is 7.11. The Morgan fingerprint density at radius 2 is 1.97 bits per heavy atom. The quantitative estimate of drug-likeness (QED) is 0.402. The summed E-state index contributed by atoms with van der Waals surface area (Å²) in [5.41, 5.74) is 4.94. The predicted molar refractivity (Wildman–Crippen MR) is 127 cm³/mol. The van der Waals surface area contributed by atoms with Crippen molar-refractivity contribution in [2.24, 2.45) is 0 Å². The summed E-state index contributed by atoms with van der Waals surface area (Å²) in [4.78, 5) is 4.22. The Morgan fingerprint density at radius 3 is 2.65 bits per heavy atom. The Labute approximate surface area is 199 Å². The van der Waals surface area contributed by atoms with E-state index < -0.39 is 15.6 Å². The zero-order valence-electron chi connectivity index (χ0n) is 20.1. The number of anilines is 1. The van der Waals surface area contributed by atoms with Gasteiger partial charge in [-0.3, -0.25) is 0 Å². The fourth-order valence-corrected chi connectivity index (χ4v) is 5.32. The van der Waals surface area contributed by atoms with Crippen molar-refractivity contribution >= 4 is 15.9 Å². The first-order valence-electron chi connectivity index (χ1n) is 10.8. The third kappa shape index (κ3) is 4.20. The summed E-state index contributed by atoms with van der Waals surface area (Å²) in [7, 11) is -2.70. The van der Waals surface area contributed by atoms with Gasteiger partial charge >= 0.3 is 0 Å². The molecule has 0 unspecified atom stereocenters. The minimum Gasteiger partial charge on any atom is -0.366 e. The average molecular weight is 482 g/mol. The summed E-state index contributed by atoms with van der Waals surface area (Å²) >= 11 is 0. The van der Waals surface area contributed by atoms with Crippen molar-refractivity contribution in [1.29, 1.82) is 0 Å². The topological polar surface area (TPSA) is 94.8 Å². The van der Waals surface area contributed by atoms with Crippen molar-refractivity contribution in [3.05, 3.63) is 69.7 Å². The first-order valence-corrected chi connectivity index (χ1v) is 12.2. The number of ether oxygens (including phenoxy) is 2. The van der Waals surface area contributed by atoms with Crippen LogP contribution in [0.5, 0.6) is 0 Å². The maximum absolute atomic E-state index is 13.7. The molecule has 0 N–H and O–H groups in total. The number of aryl methyl sites for hydroxylation is 2. The lowest BCUT2D eigenvalue weighted by Crippen LogP contribution is -2.33. The van der Waals surface area contributed by atoms with Crippen LogP contribution in [0.3, 0.4) is 0 Å². The molecule has 0 fully saturated rings. The van der Waals surface area contributed by atoms with Crippen LogP contribution >= 0.6 is 0 Å². The standard InChI is InChI=1S/C25H27N3O5S/c1-16-12-20-14-32-25(4,5)21(20)13-19(16)9-10-22-23(8-7-11-26-22)34(29,30)28(15-31-6)24-17(2)18(3)27-33-24/h7-8,11-13H,14-15H2,1-6H3. The van der Waals surface area contributed by atoms with Gasteiger partial charge in [-0.15, -0.1) is 0 Å². The number of nitrogens with zero attached hydrogens (tertiary/aromatic N) is 3. The van der Waals surface area contributed by atoms with Crippen LogP contribution in [-0.4, -0.2) is 32.4 Å². The number of fused-ring (bicyclic) bond motifs is 1. The van der Waals surface area contributed by atoms with Crippen molar-refractivity contribution in [1.82, 2.24) is 10.1 Å². The first kappa shape index (κ1) is 24.0. The molecule has 0 bridgehead atoms. The molecule has 3 aromatic rings. The Hall–Kier alpha value is -3.19. The van der Waals surface area contributed by atoms with Crippen LogP contribution in [0, 0.1) is 32.6 Å². The zero-order chi connectivity index (χ0) is 24.7. The highest BCUT2D eigenvalue weighted by molar-refractivity contribution is 7.92. The van der Waals surface area contributed by atoms with Gasteiger partial charge in [-0.2, -0.15) is 0 Å². The molecular weight excluding hydrogens is 454 g/mol. The molecule has 2 aromatic heterocycles. The van der Waals surface area contributed by atoms with Crippen molar-refractivity contribution in [3.63, 3.8) is 0 Å². The third-order valence-corrected chi connectivity index (χ3v) is 7.68. The number of aromatic nitrogens is 2. The van der Waals surface area contributed by atoms with Crippen LogP contribution < -0.4 is 4.31 Å². The highest BCUT2D eigenvalue weighted by Crippen LogP contribution is 2.37. The second-order valence-electron chi connectivity index (χ2n) is 8.69. The van der Waals surface area contributed by atoms with Gasteiger partial charge in [0.1, 0.15) is 17.3 Å². The van der Waals surface area contributed by atoms with Crippen LogP contribution in [0.15, 0.2) is 39.9 Å². The minimum atomic E-state index is -4.11. The molecule has 0 saturated carbocycles. The molecule has 1 aromatic carbocycles. The summed E-state index contributed by atoms with van der Waals surface area (Å²) in [5.74, 6) is 6.18. The lowest BCUT2D eigenvalue weighted by Gasteiger charge is -2.21. The van der Waals surface area contributed by atoms with Crippen molar-refractivity contribution in [3.8, 4) is 11.8 Å². The SMILES string of the molecule is COCN(c1onc(C)c1C)S(=O)(=O)c1cccnc1C#Cc1cc2c(cc1C)COC2(C)C. The maximum Gasteiger partial charge on any atom is 0.271 e. The highest BCUT2D eigenvalue weighted by atomic mass is 32.2. The van der Waals surface area contributed by atoms with Gasteiger partial charge in [0, 0.05) is 24.4 Å². The Kier molecular flexibility index (Phi) is 6.25. The highest BCUT2D eigenvalue weighted by Gasteiger charge is 2.33. The minimum absolute atomic E-state index is 0.0459. The smallest absolute Gasteiger partial charge is 0.271 e. The fourth-order valence-electron chi connectivity index (χ4n) is 3.85. The van der Waals surface area contributed by atoms with Crippen molar-refractivity contribution in [2.75, 3.05) is 18.1 Å². The van der Waals surface area contributed by atoms with Crippen molar-refractivity contribution < 1.29 is 22.4 Å². The molecule has 0 spiro atoms. The molecule has 8 nitrogen and oxygen atoms in total. The van der Waals surface area contributed by atoms with Gasteiger partial charge in [0.05, 0.1) is 17.9 Å². The largest absolute Gasteiger partial charge is 0.366 e. The van der Waals surface area contributed by atoms with E-state index in [1.54, 1.807) is 19.9 Å². The molecular formula is C25H27N3O5S.